The van der Waals surface area contributed by atoms with Gasteiger partial charge in [0.2, 0.25) is 0 Å². The number of hydrogen-bond acceptors (Lipinski definition) is 4. The third kappa shape index (κ3) is 6.82. The number of carbonyl (C=O) groups excluding carboxylic acids is 2. The van der Waals surface area contributed by atoms with Gasteiger partial charge in [-0.25, -0.2) is 4.79 Å². The van der Waals surface area contributed by atoms with Gasteiger partial charge in [-0.3, -0.25) is 4.79 Å². The van der Waals surface area contributed by atoms with Crippen molar-refractivity contribution in [3.05, 3.63) is 0 Å². The maximum atomic E-state index is 12.2. The van der Waals surface area contributed by atoms with Crippen molar-refractivity contribution in [3.8, 4) is 0 Å². The van der Waals surface area contributed by atoms with E-state index in [1.165, 1.54) is 12.8 Å². The summed E-state index contributed by atoms with van der Waals surface area (Å²) in [7, 11) is 0. The Kier molecular flexibility index (Phi) is 6.89. The fraction of sp³-hybridized carbons (Fsp3) is 0.900. The normalized spacial score (nSPS) is 23.2. The molecule has 140 valence electrons. The third-order valence-corrected chi connectivity index (χ3v) is 5.14. The van der Waals surface area contributed by atoms with Crippen molar-refractivity contribution in [2.45, 2.75) is 92.6 Å². The molecule has 0 radical (unpaired) electrons. The SMILES string of the molecule is CCC(C)(OC(=O)COC(=O)CC(C)(C)C)C1CCCC(C)(C)C1. The van der Waals surface area contributed by atoms with Gasteiger partial charge in [0.1, 0.15) is 5.60 Å². The molecule has 2 unspecified atom stereocenters. The summed E-state index contributed by atoms with van der Waals surface area (Å²) >= 11 is 0. The van der Waals surface area contributed by atoms with Gasteiger partial charge in [-0.1, -0.05) is 48.0 Å². The molecular weight excluding hydrogens is 304 g/mol. The molecule has 2 atom stereocenters. The average molecular weight is 341 g/mol. The Bertz CT molecular complexity index is 447. The average Bonchev–Trinajstić information content (AvgIpc) is 2.42. The smallest absolute Gasteiger partial charge is 0.344 e. The van der Waals surface area contributed by atoms with Crippen LogP contribution in [0.2, 0.25) is 0 Å². The summed E-state index contributed by atoms with van der Waals surface area (Å²) in [6.07, 6.45) is 5.61. The van der Waals surface area contributed by atoms with Crippen molar-refractivity contribution < 1.29 is 19.1 Å². The van der Waals surface area contributed by atoms with E-state index in [0.717, 1.165) is 19.3 Å². The van der Waals surface area contributed by atoms with E-state index in [9.17, 15) is 9.59 Å². The first-order valence-electron chi connectivity index (χ1n) is 9.24. The Morgan fingerprint density at radius 2 is 1.75 bits per heavy atom. The van der Waals surface area contributed by atoms with Gasteiger partial charge in [0.05, 0.1) is 6.42 Å². The molecule has 0 bridgehead atoms. The molecule has 0 saturated heterocycles. The summed E-state index contributed by atoms with van der Waals surface area (Å²) in [5.74, 6) is -0.429. The van der Waals surface area contributed by atoms with E-state index in [0.29, 0.717) is 17.8 Å². The minimum atomic E-state index is -0.481. The minimum Gasteiger partial charge on any atom is -0.457 e. The molecular formula is C20H36O4. The standard InChI is InChI=1S/C20H36O4/c1-8-20(7,15-10-9-11-19(5,6)12-15)24-17(22)14-23-16(21)13-18(2,3)4/h15H,8-14H2,1-7H3. The van der Waals surface area contributed by atoms with Gasteiger partial charge in [0.25, 0.3) is 0 Å². The number of esters is 2. The Morgan fingerprint density at radius 1 is 1.12 bits per heavy atom. The molecule has 4 heteroatoms. The maximum absolute atomic E-state index is 12.2. The van der Waals surface area contributed by atoms with E-state index in [1.807, 2.05) is 27.7 Å². The number of rotatable bonds is 6. The van der Waals surface area contributed by atoms with E-state index in [2.05, 4.69) is 20.8 Å². The van der Waals surface area contributed by atoms with Crippen molar-refractivity contribution in [1.82, 2.24) is 0 Å². The first-order valence-corrected chi connectivity index (χ1v) is 9.24. The molecule has 4 nitrogen and oxygen atoms in total. The van der Waals surface area contributed by atoms with Crippen LogP contribution in [0.25, 0.3) is 0 Å². The zero-order valence-electron chi connectivity index (χ0n) is 16.7. The van der Waals surface area contributed by atoms with Gasteiger partial charge < -0.3 is 9.47 Å². The topological polar surface area (TPSA) is 52.6 Å². The van der Waals surface area contributed by atoms with Crippen LogP contribution in [0.1, 0.15) is 87.0 Å². The van der Waals surface area contributed by atoms with Crippen LogP contribution in [-0.4, -0.2) is 24.1 Å². The molecule has 1 saturated carbocycles. The fourth-order valence-corrected chi connectivity index (χ4v) is 3.58. The highest BCUT2D eigenvalue weighted by atomic mass is 16.6. The predicted octanol–water partition coefficient (Wildman–Crippen LogP) is 4.89. The number of ether oxygens (including phenoxy) is 2. The number of hydrogen-bond donors (Lipinski definition) is 0. The van der Waals surface area contributed by atoms with Gasteiger partial charge in [0, 0.05) is 0 Å². The van der Waals surface area contributed by atoms with E-state index in [4.69, 9.17) is 9.47 Å². The lowest BCUT2D eigenvalue weighted by Crippen LogP contribution is -2.44. The largest absolute Gasteiger partial charge is 0.457 e. The van der Waals surface area contributed by atoms with E-state index in [-0.39, 0.29) is 18.0 Å². The third-order valence-electron chi connectivity index (χ3n) is 5.14. The van der Waals surface area contributed by atoms with Crippen LogP contribution in [-0.2, 0) is 19.1 Å². The summed E-state index contributed by atoms with van der Waals surface area (Å²) in [6.45, 7) is 14.2. The van der Waals surface area contributed by atoms with Crippen LogP contribution in [0.5, 0.6) is 0 Å². The van der Waals surface area contributed by atoms with Crippen molar-refractivity contribution in [2.24, 2.45) is 16.7 Å². The first-order chi connectivity index (χ1) is 10.9. The first kappa shape index (κ1) is 21.0. The summed E-state index contributed by atoms with van der Waals surface area (Å²) in [5.41, 5.74) is -0.331. The zero-order valence-corrected chi connectivity index (χ0v) is 16.7. The summed E-state index contributed by atoms with van der Waals surface area (Å²) in [6, 6.07) is 0. The molecule has 0 aromatic rings. The van der Waals surface area contributed by atoms with Crippen molar-refractivity contribution in [3.63, 3.8) is 0 Å². The van der Waals surface area contributed by atoms with Gasteiger partial charge in [-0.15, -0.1) is 0 Å². The zero-order chi connectivity index (χ0) is 18.6. The van der Waals surface area contributed by atoms with E-state index in [1.54, 1.807) is 0 Å². The maximum Gasteiger partial charge on any atom is 0.344 e. The molecule has 0 N–H and O–H groups in total. The molecule has 1 rings (SSSR count). The van der Waals surface area contributed by atoms with Gasteiger partial charge in [-0.05, 0) is 49.4 Å². The van der Waals surface area contributed by atoms with Crippen molar-refractivity contribution >= 4 is 11.9 Å². The van der Waals surface area contributed by atoms with E-state index < -0.39 is 11.6 Å². The lowest BCUT2D eigenvalue weighted by atomic mass is 9.66. The Morgan fingerprint density at radius 3 is 2.25 bits per heavy atom. The molecule has 0 aromatic heterocycles. The van der Waals surface area contributed by atoms with Crippen LogP contribution >= 0.6 is 0 Å². The monoisotopic (exact) mass is 340 g/mol. The van der Waals surface area contributed by atoms with Gasteiger partial charge >= 0.3 is 11.9 Å². The quantitative estimate of drug-likeness (QED) is 0.646. The lowest BCUT2D eigenvalue weighted by molar-refractivity contribution is -0.177. The molecule has 0 heterocycles. The molecule has 1 aliphatic rings. The Balaban J connectivity index is 2.57. The highest BCUT2D eigenvalue weighted by Gasteiger charge is 2.41. The second-order valence-corrected chi connectivity index (χ2v) is 9.50. The van der Waals surface area contributed by atoms with Crippen LogP contribution < -0.4 is 0 Å². The highest BCUT2D eigenvalue weighted by Crippen LogP contribution is 2.45. The molecule has 0 aromatic carbocycles. The summed E-state index contributed by atoms with van der Waals surface area (Å²) < 4.78 is 10.9. The van der Waals surface area contributed by atoms with Gasteiger partial charge in [0.15, 0.2) is 6.61 Å². The van der Waals surface area contributed by atoms with Crippen LogP contribution in [0.15, 0.2) is 0 Å². The van der Waals surface area contributed by atoms with Crippen LogP contribution in [0.4, 0.5) is 0 Å². The fourth-order valence-electron chi connectivity index (χ4n) is 3.58. The second kappa shape index (κ2) is 7.88. The molecule has 24 heavy (non-hydrogen) atoms. The molecule has 1 fully saturated rings. The van der Waals surface area contributed by atoms with Crippen LogP contribution in [0, 0.1) is 16.7 Å². The lowest BCUT2D eigenvalue weighted by Gasteiger charge is -2.44. The molecule has 0 aliphatic heterocycles. The van der Waals surface area contributed by atoms with E-state index >= 15 is 0 Å². The predicted molar refractivity (Wildman–Crippen MR) is 95.6 cm³/mol. The summed E-state index contributed by atoms with van der Waals surface area (Å²) in [5, 5.41) is 0. The Hall–Kier alpha value is -1.06. The van der Waals surface area contributed by atoms with Crippen molar-refractivity contribution in [2.75, 3.05) is 6.61 Å². The number of carbonyl (C=O) groups is 2. The molecule has 0 amide bonds. The molecule has 1 aliphatic carbocycles. The second-order valence-electron chi connectivity index (χ2n) is 9.50. The molecule has 0 spiro atoms. The highest BCUT2D eigenvalue weighted by molar-refractivity contribution is 5.76. The summed E-state index contributed by atoms with van der Waals surface area (Å²) in [4.78, 5) is 23.9. The van der Waals surface area contributed by atoms with Crippen molar-refractivity contribution in [1.29, 1.82) is 0 Å². The minimum absolute atomic E-state index is 0.146. The Labute approximate surface area is 147 Å². The van der Waals surface area contributed by atoms with Gasteiger partial charge in [-0.2, -0.15) is 0 Å². The van der Waals surface area contributed by atoms with Crippen LogP contribution in [0.3, 0.4) is 0 Å².